The zero-order chi connectivity index (χ0) is 13.7. The third-order valence-corrected chi connectivity index (χ3v) is 4.22. The molecule has 1 fully saturated rings. The van der Waals surface area contributed by atoms with E-state index in [1.165, 1.54) is 0 Å². The number of rotatable bonds is 6. The Kier molecular flexibility index (Phi) is 5.78. The van der Waals surface area contributed by atoms with Crippen molar-refractivity contribution >= 4 is 22.7 Å². The minimum absolute atomic E-state index is 0.173. The van der Waals surface area contributed by atoms with Crippen LogP contribution in [0.4, 0.5) is 0 Å². The molecule has 2 N–H and O–H groups in total. The van der Waals surface area contributed by atoms with Crippen LogP contribution < -0.4 is 5.32 Å². The highest BCUT2D eigenvalue weighted by molar-refractivity contribution is 7.84. The molecule has 0 heterocycles. The first-order valence-electron chi connectivity index (χ1n) is 6.22. The molecule has 1 saturated carbocycles. The van der Waals surface area contributed by atoms with Crippen molar-refractivity contribution in [2.45, 2.75) is 26.2 Å². The molecule has 0 spiro atoms. The molecule has 0 radical (unpaired) electrons. The molecule has 1 aliphatic carbocycles. The summed E-state index contributed by atoms with van der Waals surface area (Å²) in [5.74, 6) is -1.18. The van der Waals surface area contributed by atoms with Gasteiger partial charge in [-0.1, -0.05) is 6.92 Å². The van der Waals surface area contributed by atoms with E-state index in [1.54, 1.807) is 6.26 Å². The first kappa shape index (κ1) is 15.1. The number of nitrogens with one attached hydrogen (secondary N) is 1. The number of aliphatic carboxylic acids is 1. The van der Waals surface area contributed by atoms with Gasteiger partial charge in [-0.25, -0.2) is 0 Å². The van der Waals surface area contributed by atoms with Crippen molar-refractivity contribution in [3.8, 4) is 0 Å². The lowest BCUT2D eigenvalue weighted by Gasteiger charge is -2.15. The average molecular weight is 275 g/mol. The van der Waals surface area contributed by atoms with Gasteiger partial charge in [0.2, 0.25) is 5.91 Å². The average Bonchev–Trinajstić information content (AvgIpc) is 2.66. The highest BCUT2D eigenvalue weighted by Crippen LogP contribution is 2.36. The summed E-state index contributed by atoms with van der Waals surface area (Å²) in [7, 11) is -0.848. The summed E-state index contributed by atoms with van der Waals surface area (Å²) in [6.45, 7) is 2.44. The van der Waals surface area contributed by atoms with Gasteiger partial charge in [0.25, 0.3) is 0 Å². The number of carboxylic acid groups (broad SMARTS) is 1. The summed E-state index contributed by atoms with van der Waals surface area (Å²) in [5, 5.41) is 11.8. The van der Waals surface area contributed by atoms with Crippen LogP contribution in [0.2, 0.25) is 0 Å². The van der Waals surface area contributed by atoms with Gasteiger partial charge in [-0.05, 0) is 25.2 Å². The molecule has 0 bridgehead atoms. The van der Waals surface area contributed by atoms with E-state index in [0.717, 1.165) is 0 Å². The van der Waals surface area contributed by atoms with Gasteiger partial charge in [-0.15, -0.1) is 0 Å². The van der Waals surface area contributed by atoms with Crippen LogP contribution in [-0.4, -0.2) is 39.7 Å². The molecule has 0 aromatic heterocycles. The second kappa shape index (κ2) is 6.87. The van der Waals surface area contributed by atoms with Crippen molar-refractivity contribution in [2.24, 2.45) is 17.8 Å². The lowest BCUT2D eigenvalue weighted by Crippen LogP contribution is -2.36. The summed E-state index contributed by atoms with van der Waals surface area (Å²) in [5.41, 5.74) is 0. The minimum Gasteiger partial charge on any atom is -0.481 e. The van der Waals surface area contributed by atoms with Crippen molar-refractivity contribution in [2.75, 3.05) is 18.6 Å². The number of carbonyl (C=O) groups is 2. The van der Waals surface area contributed by atoms with Crippen LogP contribution in [0, 0.1) is 17.8 Å². The number of amides is 1. The molecule has 4 atom stereocenters. The zero-order valence-corrected chi connectivity index (χ0v) is 11.7. The van der Waals surface area contributed by atoms with Crippen molar-refractivity contribution < 1.29 is 18.9 Å². The topological polar surface area (TPSA) is 83.5 Å². The smallest absolute Gasteiger partial charge is 0.307 e. The van der Waals surface area contributed by atoms with Crippen molar-refractivity contribution in [3.63, 3.8) is 0 Å². The fourth-order valence-corrected chi connectivity index (χ4v) is 3.02. The number of hydrogen-bond acceptors (Lipinski definition) is 3. The van der Waals surface area contributed by atoms with Gasteiger partial charge in [-0.2, -0.15) is 0 Å². The minimum atomic E-state index is -0.880. The molecule has 0 aromatic carbocycles. The van der Waals surface area contributed by atoms with Gasteiger partial charge in [-0.3, -0.25) is 13.8 Å². The van der Waals surface area contributed by atoms with Crippen LogP contribution >= 0.6 is 0 Å². The fourth-order valence-electron chi connectivity index (χ4n) is 2.47. The Hall–Kier alpha value is -0.910. The molecular weight excluding hydrogens is 254 g/mol. The first-order chi connectivity index (χ1) is 8.41. The van der Waals surface area contributed by atoms with E-state index in [9.17, 15) is 13.8 Å². The van der Waals surface area contributed by atoms with Crippen LogP contribution in [-0.2, 0) is 20.4 Å². The van der Waals surface area contributed by atoms with E-state index in [-0.39, 0.29) is 11.8 Å². The molecule has 4 unspecified atom stereocenters. The van der Waals surface area contributed by atoms with Gasteiger partial charge in [0, 0.05) is 29.4 Å². The highest BCUT2D eigenvalue weighted by Gasteiger charge is 2.40. The second-order valence-corrected chi connectivity index (χ2v) is 6.60. The van der Waals surface area contributed by atoms with Crippen molar-refractivity contribution in [1.82, 2.24) is 5.32 Å². The third kappa shape index (κ3) is 4.40. The Balaban J connectivity index is 2.40. The van der Waals surface area contributed by atoms with Crippen molar-refractivity contribution in [3.05, 3.63) is 0 Å². The van der Waals surface area contributed by atoms with Gasteiger partial charge >= 0.3 is 5.97 Å². The lowest BCUT2D eigenvalue weighted by molar-refractivity contribution is -0.146. The van der Waals surface area contributed by atoms with Gasteiger partial charge in [0.1, 0.15) is 0 Å². The molecule has 5 nitrogen and oxygen atoms in total. The van der Waals surface area contributed by atoms with Crippen molar-refractivity contribution in [1.29, 1.82) is 0 Å². The molecule has 0 aromatic rings. The van der Waals surface area contributed by atoms with Crippen LogP contribution in [0.25, 0.3) is 0 Å². The van der Waals surface area contributed by atoms with Crippen LogP contribution in [0.5, 0.6) is 0 Å². The summed E-state index contributed by atoms with van der Waals surface area (Å²) >= 11 is 0. The second-order valence-electron chi connectivity index (χ2n) is 5.05. The van der Waals surface area contributed by atoms with E-state index in [0.29, 0.717) is 31.6 Å². The summed E-state index contributed by atoms with van der Waals surface area (Å²) in [6.07, 6.45) is 3.50. The summed E-state index contributed by atoms with van der Waals surface area (Å²) in [6, 6.07) is 0. The maximum absolute atomic E-state index is 11.9. The SMILES string of the molecule is CC1CC(C(=O)O)C(C(=O)NCCCS(C)=O)C1. The molecule has 104 valence electrons. The highest BCUT2D eigenvalue weighted by atomic mass is 32.2. The van der Waals surface area contributed by atoms with Crippen LogP contribution in [0.1, 0.15) is 26.2 Å². The predicted octanol–water partition coefficient (Wildman–Crippen LogP) is 0.618. The normalized spacial score (nSPS) is 28.9. The predicted molar refractivity (Wildman–Crippen MR) is 69.6 cm³/mol. The maximum atomic E-state index is 11.9. The van der Waals surface area contributed by atoms with E-state index >= 15 is 0 Å². The molecule has 0 aliphatic heterocycles. The molecule has 18 heavy (non-hydrogen) atoms. The number of carbonyl (C=O) groups excluding carboxylic acids is 1. The molecule has 1 amide bonds. The Morgan fingerprint density at radius 1 is 1.33 bits per heavy atom. The maximum Gasteiger partial charge on any atom is 0.307 e. The Bertz CT molecular complexity index is 345. The molecule has 1 rings (SSSR count). The molecule has 6 heteroatoms. The van der Waals surface area contributed by atoms with Crippen LogP contribution in [0.15, 0.2) is 0 Å². The monoisotopic (exact) mass is 275 g/mol. The van der Waals surface area contributed by atoms with Gasteiger partial charge in [0.05, 0.1) is 11.8 Å². The first-order valence-corrected chi connectivity index (χ1v) is 7.95. The van der Waals surface area contributed by atoms with Crippen LogP contribution in [0.3, 0.4) is 0 Å². The quantitative estimate of drug-likeness (QED) is 0.696. The number of hydrogen-bond donors (Lipinski definition) is 2. The molecule has 1 aliphatic rings. The Morgan fingerprint density at radius 2 is 1.94 bits per heavy atom. The van der Waals surface area contributed by atoms with E-state index in [2.05, 4.69) is 5.32 Å². The largest absolute Gasteiger partial charge is 0.481 e. The number of carboxylic acids is 1. The van der Waals surface area contributed by atoms with E-state index in [4.69, 9.17) is 5.11 Å². The summed E-state index contributed by atoms with van der Waals surface area (Å²) in [4.78, 5) is 23.0. The van der Waals surface area contributed by atoms with E-state index < -0.39 is 28.6 Å². The standard InChI is InChI=1S/C12H21NO4S/c1-8-6-9(10(7-8)12(15)16)11(14)13-4-3-5-18(2)17/h8-10H,3-7H2,1-2H3,(H,13,14)(H,15,16). The van der Waals surface area contributed by atoms with Gasteiger partial charge in [0.15, 0.2) is 0 Å². The van der Waals surface area contributed by atoms with E-state index in [1.807, 2.05) is 6.92 Å². The Morgan fingerprint density at radius 3 is 2.50 bits per heavy atom. The Labute approximate surface area is 110 Å². The van der Waals surface area contributed by atoms with Gasteiger partial charge < -0.3 is 10.4 Å². The molecule has 0 saturated heterocycles. The fraction of sp³-hybridized carbons (Fsp3) is 0.833. The molecular formula is C12H21NO4S. The third-order valence-electron chi connectivity index (χ3n) is 3.36. The zero-order valence-electron chi connectivity index (χ0n) is 10.8. The summed E-state index contributed by atoms with van der Waals surface area (Å²) < 4.78 is 10.8. The lowest BCUT2D eigenvalue weighted by atomic mass is 9.95.